The summed E-state index contributed by atoms with van der Waals surface area (Å²) in [5.74, 6) is -2.00. The molecule has 0 spiro atoms. The Kier molecular flexibility index (Phi) is 11.5. The van der Waals surface area contributed by atoms with Crippen LogP contribution in [-0.4, -0.2) is 66.7 Å². The van der Waals surface area contributed by atoms with Gasteiger partial charge in [-0.3, -0.25) is 4.79 Å². The van der Waals surface area contributed by atoms with Gasteiger partial charge in [0, 0.05) is 28.9 Å². The van der Waals surface area contributed by atoms with Gasteiger partial charge in [-0.2, -0.15) is 18.2 Å². The monoisotopic (exact) mass is 740 g/mol. The molecule has 0 bridgehead atoms. The van der Waals surface area contributed by atoms with Gasteiger partial charge >= 0.3 is 12.1 Å². The zero-order chi connectivity index (χ0) is 36.7. The number of nitrogens with two attached hydrogens (primary N) is 1. The molecule has 2 heterocycles. The first-order chi connectivity index (χ1) is 23.7. The average molecular weight is 741 g/mol. The summed E-state index contributed by atoms with van der Waals surface area (Å²) in [6, 6.07) is 12.2. The summed E-state index contributed by atoms with van der Waals surface area (Å²) in [5.41, 5.74) is 7.13. The number of methoxy groups -OCH3 is 4. The van der Waals surface area contributed by atoms with Crippen LogP contribution >= 0.6 is 22.9 Å². The van der Waals surface area contributed by atoms with Crippen LogP contribution in [0.4, 0.5) is 39.9 Å². The molecule has 20 heteroatoms. The molecular weight excluding hydrogens is 716 g/mol. The summed E-state index contributed by atoms with van der Waals surface area (Å²) in [6.07, 6.45) is -5.08. The van der Waals surface area contributed by atoms with Crippen molar-refractivity contribution >= 4 is 57.1 Å². The molecule has 0 radical (unpaired) electrons. The SMILES string of the molecule is COc1cccc(C(=O)Nc2cc(-c3noc(-c4sc(Nc5cc(OC)c(OC)c(OC)c5)nc4N)n3)c(Cl)cc2F)c1.O=C(O)C(F)(F)F. The highest BCUT2D eigenvalue weighted by Gasteiger charge is 2.38. The number of nitrogen functional groups attached to an aromatic ring is 1. The fourth-order valence-electron chi connectivity index (χ4n) is 4.02. The molecule has 3 aromatic carbocycles. The fourth-order valence-corrected chi connectivity index (χ4v) is 5.08. The highest BCUT2D eigenvalue weighted by Crippen LogP contribution is 2.42. The van der Waals surface area contributed by atoms with E-state index in [2.05, 4.69) is 25.8 Å². The van der Waals surface area contributed by atoms with Crippen molar-refractivity contribution in [3.8, 4) is 45.2 Å². The number of nitrogens with zero attached hydrogens (tertiary/aromatic N) is 3. The highest BCUT2D eigenvalue weighted by molar-refractivity contribution is 7.19. The van der Waals surface area contributed by atoms with Gasteiger partial charge < -0.3 is 44.9 Å². The van der Waals surface area contributed by atoms with Crippen molar-refractivity contribution in [2.75, 3.05) is 44.8 Å². The van der Waals surface area contributed by atoms with Crippen LogP contribution in [0.2, 0.25) is 5.02 Å². The van der Waals surface area contributed by atoms with Crippen LogP contribution in [0.5, 0.6) is 23.0 Å². The first-order valence-electron chi connectivity index (χ1n) is 13.6. The van der Waals surface area contributed by atoms with E-state index in [1.807, 2.05) is 0 Å². The van der Waals surface area contributed by atoms with Gasteiger partial charge in [0.1, 0.15) is 22.3 Å². The number of aliphatic carboxylic acids is 1. The smallest absolute Gasteiger partial charge is 0.490 e. The van der Waals surface area contributed by atoms with Gasteiger partial charge in [-0.25, -0.2) is 14.2 Å². The number of carbonyl (C=O) groups excluding carboxylic acids is 1. The Morgan fingerprint density at radius 2 is 1.64 bits per heavy atom. The Morgan fingerprint density at radius 1 is 0.980 bits per heavy atom. The fraction of sp³-hybridized carbons (Fsp3) is 0.167. The van der Waals surface area contributed by atoms with E-state index in [4.69, 9.17) is 50.7 Å². The Morgan fingerprint density at radius 3 is 2.22 bits per heavy atom. The van der Waals surface area contributed by atoms with E-state index < -0.39 is 23.9 Å². The number of aromatic nitrogens is 3. The average Bonchev–Trinajstić information content (AvgIpc) is 3.71. The maximum atomic E-state index is 14.8. The van der Waals surface area contributed by atoms with Crippen molar-refractivity contribution in [2.24, 2.45) is 0 Å². The molecule has 5 N–H and O–H groups in total. The number of rotatable bonds is 10. The summed E-state index contributed by atoms with van der Waals surface area (Å²) >= 11 is 7.47. The number of thiazole rings is 1. The maximum absolute atomic E-state index is 14.8. The Balaban J connectivity index is 0.000000727. The number of alkyl halides is 3. The van der Waals surface area contributed by atoms with Crippen LogP contribution < -0.4 is 35.3 Å². The van der Waals surface area contributed by atoms with Gasteiger partial charge in [-0.15, -0.1) is 0 Å². The van der Waals surface area contributed by atoms with E-state index >= 15 is 0 Å². The molecular formula is C30H25ClF4N6O8S. The number of nitrogens with one attached hydrogen (secondary N) is 2. The number of halogens is 5. The molecule has 1 amide bonds. The van der Waals surface area contributed by atoms with Crippen LogP contribution in [0, 0.1) is 5.82 Å². The molecule has 0 aliphatic rings. The van der Waals surface area contributed by atoms with Gasteiger partial charge in [0.15, 0.2) is 16.6 Å². The molecule has 0 saturated carbocycles. The molecule has 0 fully saturated rings. The van der Waals surface area contributed by atoms with Crippen LogP contribution in [0.1, 0.15) is 10.4 Å². The molecule has 0 saturated heterocycles. The van der Waals surface area contributed by atoms with Crippen molar-refractivity contribution in [1.29, 1.82) is 0 Å². The predicted octanol–water partition coefficient (Wildman–Crippen LogP) is 6.90. The Labute approximate surface area is 288 Å². The lowest BCUT2D eigenvalue weighted by Gasteiger charge is -2.14. The van der Waals surface area contributed by atoms with Crippen molar-refractivity contribution in [2.45, 2.75) is 6.18 Å². The second kappa shape index (κ2) is 15.6. The Hall–Kier alpha value is -5.82. The molecule has 0 unspecified atom stereocenters. The molecule has 0 atom stereocenters. The van der Waals surface area contributed by atoms with Gasteiger partial charge in [0.2, 0.25) is 11.6 Å². The highest BCUT2D eigenvalue weighted by atomic mass is 35.5. The minimum absolute atomic E-state index is 0.00580. The van der Waals surface area contributed by atoms with Crippen molar-refractivity contribution in [3.63, 3.8) is 0 Å². The molecule has 5 rings (SSSR count). The molecule has 2 aromatic heterocycles. The van der Waals surface area contributed by atoms with E-state index in [1.165, 1.54) is 40.6 Å². The number of benzene rings is 3. The molecule has 264 valence electrons. The first-order valence-corrected chi connectivity index (χ1v) is 14.8. The number of carboxylic acid groups (broad SMARTS) is 1. The normalized spacial score (nSPS) is 10.8. The summed E-state index contributed by atoms with van der Waals surface area (Å²) in [7, 11) is 6.02. The Bertz CT molecular complexity index is 2000. The second-order valence-electron chi connectivity index (χ2n) is 9.50. The van der Waals surface area contributed by atoms with Gasteiger partial charge in [-0.05, 0) is 30.3 Å². The number of anilines is 4. The standard InChI is InChI=1S/C28H24ClFN6O6S.C2HF3O2/c1-38-15-7-5-6-13(8-15)26(37)33-19-11-16(17(29)12-18(19)30)25-35-27(42-36-25)23-24(31)34-28(43-23)32-14-9-20(39-2)22(41-4)21(10-14)40-3;3-2(4,5)1(6)7/h5-12H,31H2,1-4H3,(H,32,34)(H,33,37);(H,6,7). The molecule has 5 aromatic rings. The molecule has 50 heavy (non-hydrogen) atoms. The van der Waals surface area contributed by atoms with Crippen molar-refractivity contribution in [1.82, 2.24) is 15.1 Å². The van der Waals surface area contributed by atoms with Crippen LogP contribution in [0.15, 0.2) is 53.1 Å². The molecule has 0 aliphatic carbocycles. The van der Waals surface area contributed by atoms with Gasteiger partial charge in [-0.1, -0.05) is 34.2 Å². The lowest BCUT2D eigenvalue weighted by molar-refractivity contribution is -0.192. The van der Waals surface area contributed by atoms with Crippen LogP contribution in [0.3, 0.4) is 0 Å². The minimum Gasteiger partial charge on any atom is -0.497 e. The summed E-state index contributed by atoms with van der Waals surface area (Å²) in [4.78, 5) is 30.8. The van der Waals surface area contributed by atoms with E-state index in [-0.39, 0.29) is 39.4 Å². The summed E-state index contributed by atoms with van der Waals surface area (Å²) in [6.45, 7) is 0. The topological polar surface area (TPSA) is 193 Å². The predicted molar refractivity (Wildman–Crippen MR) is 174 cm³/mol. The number of ether oxygens (including phenoxy) is 4. The van der Waals surface area contributed by atoms with E-state index in [9.17, 15) is 22.4 Å². The van der Waals surface area contributed by atoms with Crippen LogP contribution in [-0.2, 0) is 4.79 Å². The first kappa shape index (κ1) is 37.0. The third-order valence-electron chi connectivity index (χ3n) is 6.31. The zero-order valence-electron chi connectivity index (χ0n) is 26.1. The number of carbonyl (C=O) groups is 2. The van der Waals surface area contributed by atoms with Gasteiger partial charge in [0.25, 0.3) is 11.8 Å². The zero-order valence-corrected chi connectivity index (χ0v) is 27.7. The largest absolute Gasteiger partial charge is 0.497 e. The van der Waals surface area contributed by atoms with E-state index in [0.29, 0.717) is 38.7 Å². The van der Waals surface area contributed by atoms with Crippen LogP contribution in [0.25, 0.3) is 22.2 Å². The number of hydrogen-bond acceptors (Lipinski definition) is 13. The van der Waals surface area contributed by atoms with Crippen molar-refractivity contribution < 1.29 is 55.7 Å². The molecule has 0 aliphatic heterocycles. The number of carboxylic acids is 1. The lowest BCUT2D eigenvalue weighted by Crippen LogP contribution is -2.21. The van der Waals surface area contributed by atoms with Crippen molar-refractivity contribution in [3.05, 3.63) is 64.9 Å². The number of amides is 1. The third kappa shape index (κ3) is 8.60. The summed E-state index contributed by atoms with van der Waals surface area (Å²) < 4.78 is 73.2. The lowest BCUT2D eigenvalue weighted by atomic mass is 10.1. The van der Waals surface area contributed by atoms with Gasteiger partial charge in [0.05, 0.1) is 39.1 Å². The second-order valence-corrected chi connectivity index (χ2v) is 10.9. The third-order valence-corrected chi connectivity index (χ3v) is 7.60. The molecule has 14 nitrogen and oxygen atoms in total. The number of hydrogen-bond donors (Lipinski definition) is 4. The minimum atomic E-state index is -5.08. The maximum Gasteiger partial charge on any atom is 0.490 e. The summed E-state index contributed by atoms with van der Waals surface area (Å²) in [5, 5.41) is 17.2. The van der Waals surface area contributed by atoms with E-state index in [0.717, 1.165) is 17.4 Å². The quantitative estimate of drug-likeness (QED) is 0.108. The van der Waals surface area contributed by atoms with E-state index in [1.54, 1.807) is 30.3 Å².